The number of benzene rings is 2. The second-order valence-corrected chi connectivity index (χ2v) is 11.0. The predicted molar refractivity (Wildman–Crippen MR) is 152 cm³/mol. The van der Waals surface area contributed by atoms with E-state index in [1.807, 2.05) is 6.20 Å². The van der Waals surface area contributed by atoms with E-state index in [1.54, 1.807) is 22.8 Å². The zero-order valence-electron chi connectivity index (χ0n) is 21.5. The molecule has 0 spiro atoms. The van der Waals surface area contributed by atoms with E-state index in [4.69, 9.17) is 4.74 Å². The van der Waals surface area contributed by atoms with Crippen molar-refractivity contribution in [3.05, 3.63) is 113 Å². The minimum atomic E-state index is -0.831. The van der Waals surface area contributed by atoms with Gasteiger partial charge in [-0.1, -0.05) is 11.2 Å². The highest BCUT2D eigenvalue weighted by Gasteiger charge is 2.22. The summed E-state index contributed by atoms with van der Waals surface area (Å²) in [5, 5.41) is 6.84. The number of aromatic nitrogens is 3. The van der Waals surface area contributed by atoms with Crippen LogP contribution in [0.15, 0.2) is 90.1 Å². The Kier molecular flexibility index (Phi) is 7.16. The Balaban J connectivity index is 1.22. The first-order valence-corrected chi connectivity index (χ1v) is 14.2. The number of amides is 1. The molecule has 6 rings (SSSR count). The summed E-state index contributed by atoms with van der Waals surface area (Å²) in [6.45, 7) is 1.25. The van der Waals surface area contributed by atoms with Gasteiger partial charge in [0, 0.05) is 29.7 Å². The average molecular weight is 576 g/mol. The van der Waals surface area contributed by atoms with Gasteiger partial charge in [-0.2, -0.15) is 5.10 Å². The fourth-order valence-electron chi connectivity index (χ4n) is 4.58. The van der Waals surface area contributed by atoms with Crippen molar-refractivity contribution in [3.8, 4) is 17.2 Å². The van der Waals surface area contributed by atoms with Gasteiger partial charge in [0.1, 0.15) is 28.4 Å². The number of halogens is 2. The number of ether oxygens (including phenoxy) is 1. The van der Waals surface area contributed by atoms with Gasteiger partial charge in [-0.15, -0.1) is 0 Å². The van der Waals surface area contributed by atoms with E-state index >= 15 is 4.39 Å². The van der Waals surface area contributed by atoms with Crippen molar-refractivity contribution < 1.29 is 22.9 Å². The molecule has 1 N–H and O–H groups in total. The van der Waals surface area contributed by atoms with Crippen molar-refractivity contribution in [1.29, 1.82) is 0 Å². The second-order valence-electron chi connectivity index (χ2n) is 9.33. The number of anilines is 2. The number of pyridine rings is 2. The van der Waals surface area contributed by atoms with Crippen molar-refractivity contribution in [1.82, 2.24) is 14.2 Å². The Morgan fingerprint density at radius 2 is 1.76 bits per heavy atom. The highest BCUT2D eigenvalue weighted by atomic mass is 32.2. The van der Waals surface area contributed by atoms with Crippen LogP contribution in [0.4, 0.5) is 20.2 Å². The Hall–Kier alpha value is -4.68. The lowest BCUT2D eigenvalue weighted by Gasteiger charge is -2.30. The molecule has 9 nitrogen and oxygen atoms in total. The maximum atomic E-state index is 15.2. The van der Waals surface area contributed by atoms with E-state index in [-0.39, 0.29) is 17.0 Å². The first kappa shape index (κ1) is 26.5. The molecular formula is C29H23F2N5O4S. The molecule has 0 saturated carbocycles. The minimum Gasteiger partial charge on any atom is -0.616 e. The average Bonchev–Trinajstić information content (AvgIpc) is 3.45. The number of carbonyl (C=O) groups is 1. The fourth-order valence-corrected chi connectivity index (χ4v) is 5.64. The maximum absolute atomic E-state index is 15.2. The fraction of sp³-hybridized carbons (Fsp3) is 0.138. The van der Waals surface area contributed by atoms with Gasteiger partial charge in [0.15, 0.2) is 17.3 Å². The summed E-state index contributed by atoms with van der Waals surface area (Å²) in [5.74, 6) is -0.453. The summed E-state index contributed by atoms with van der Waals surface area (Å²) in [5.41, 5.74) is 1.19. The molecule has 2 aromatic carbocycles. The zero-order valence-corrected chi connectivity index (χ0v) is 22.3. The third-order valence-electron chi connectivity index (χ3n) is 6.71. The first-order chi connectivity index (χ1) is 19.9. The van der Waals surface area contributed by atoms with Crippen molar-refractivity contribution in [2.24, 2.45) is 0 Å². The molecule has 5 aromatic rings. The van der Waals surface area contributed by atoms with E-state index < -0.39 is 34.3 Å². The molecule has 1 aliphatic rings. The molecule has 41 heavy (non-hydrogen) atoms. The summed E-state index contributed by atoms with van der Waals surface area (Å²) in [6.07, 6.45) is 4.93. The van der Waals surface area contributed by atoms with Gasteiger partial charge in [0.05, 0.1) is 31.2 Å². The van der Waals surface area contributed by atoms with Crippen LogP contribution < -0.4 is 20.5 Å². The Morgan fingerprint density at radius 3 is 2.51 bits per heavy atom. The molecule has 3 aromatic heterocycles. The lowest BCUT2D eigenvalue weighted by Crippen LogP contribution is -2.40. The SMILES string of the molecule is O=C(Nc1ccc(Oc2cc(N3CC[S+]([O-])CC3)cn3nccc23)c(F)c1)c1cccn(-c2ccc(F)cc2)c1=O. The lowest BCUT2D eigenvalue weighted by molar-refractivity contribution is 0.102. The van der Waals surface area contributed by atoms with Crippen LogP contribution in [0, 0.1) is 11.6 Å². The molecule has 0 aliphatic carbocycles. The van der Waals surface area contributed by atoms with Gasteiger partial charge in [-0.05, 0) is 54.6 Å². The predicted octanol–water partition coefficient (Wildman–Crippen LogP) is 4.38. The number of nitrogens with one attached hydrogen (secondary N) is 1. The molecule has 208 valence electrons. The van der Waals surface area contributed by atoms with E-state index in [0.29, 0.717) is 41.5 Å². The Morgan fingerprint density at radius 1 is 0.976 bits per heavy atom. The highest BCUT2D eigenvalue weighted by Crippen LogP contribution is 2.33. The number of hydrogen-bond donors (Lipinski definition) is 1. The molecule has 1 aliphatic heterocycles. The molecule has 4 heterocycles. The lowest BCUT2D eigenvalue weighted by atomic mass is 10.2. The van der Waals surface area contributed by atoms with Crippen molar-refractivity contribution in [3.63, 3.8) is 0 Å². The van der Waals surface area contributed by atoms with Crippen LogP contribution in [0.25, 0.3) is 11.2 Å². The molecule has 12 heteroatoms. The van der Waals surface area contributed by atoms with Crippen LogP contribution in [-0.4, -0.2) is 49.2 Å². The first-order valence-electron chi connectivity index (χ1n) is 12.7. The molecule has 0 bridgehead atoms. The summed E-state index contributed by atoms with van der Waals surface area (Å²) in [4.78, 5) is 27.9. The Bertz CT molecular complexity index is 1800. The van der Waals surface area contributed by atoms with Crippen molar-refractivity contribution >= 4 is 34.0 Å². The Labute approximate surface area is 235 Å². The van der Waals surface area contributed by atoms with E-state index in [2.05, 4.69) is 15.3 Å². The van der Waals surface area contributed by atoms with Crippen LogP contribution in [0.2, 0.25) is 0 Å². The number of fused-ring (bicyclic) bond motifs is 1. The standard InChI is InChI=1S/C29H23F2N5O4S/c30-19-3-6-21(7-4-19)35-11-1-2-23(29(35)38)28(37)33-20-5-8-26(24(31)16-20)40-27-17-22(18-36-25(27)9-10-32-36)34-12-14-41(39)15-13-34/h1-11,16-18H,12-15H2,(H,33,37). The minimum absolute atomic E-state index is 0.0682. The normalized spacial score (nSPS) is 13.9. The molecule has 0 radical (unpaired) electrons. The quantitative estimate of drug-likeness (QED) is 0.302. The van der Waals surface area contributed by atoms with Gasteiger partial charge >= 0.3 is 0 Å². The van der Waals surface area contributed by atoms with Crippen molar-refractivity contribution in [2.75, 3.05) is 34.8 Å². The van der Waals surface area contributed by atoms with Gasteiger partial charge in [-0.3, -0.25) is 14.2 Å². The summed E-state index contributed by atoms with van der Waals surface area (Å²) in [6, 6.07) is 15.7. The molecule has 0 unspecified atom stereocenters. The smallest absolute Gasteiger partial charge is 0.267 e. The van der Waals surface area contributed by atoms with Gasteiger partial charge in [0.2, 0.25) is 0 Å². The van der Waals surface area contributed by atoms with Crippen LogP contribution in [0.3, 0.4) is 0 Å². The van der Waals surface area contributed by atoms with Crippen LogP contribution in [-0.2, 0) is 11.2 Å². The molecule has 1 saturated heterocycles. The van der Waals surface area contributed by atoms with Gasteiger partial charge < -0.3 is 19.5 Å². The zero-order chi connectivity index (χ0) is 28.5. The summed E-state index contributed by atoms with van der Waals surface area (Å²) < 4.78 is 49.1. The number of carbonyl (C=O) groups excluding carboxylic acids is 1. The van der Waals surface area contributed by atoms with E-state index in [0.717, 1.165) is 11.8 Å². The van der Waals surface area contributed by atoms with Crippen LogP contribution >= 0.6 is 0 Å². The molecular weight excluding hydrogens is 552 g/mol. The monoisotopic (exact) mass is 575 g/mol. The third-order valence-corrected chi connectivity index (χ3v) is 7.98. The van der Waals surface area contributed by atoms with E-state index in [9.17, 15) is 18.5 Å². The topological polar surface area (TPSA) is 104 Å². The number of hydrogen-bond acceptors (Lipinski definition) is 6. The maximum Gasteiger partial charge on any atom is 0.267 e. The summed E-state index contributed by atoms with van der Waals surface area (Å²) in [7, 11) is 0. The molecule has 1 amide bonds. The van der Waals surface area contributed by atoms with Gasteiger partial charge in [-0.25, -0.2) is 13.3 Å². The van der Waals surface area contributed by atoms with Crippen LogP contribution in [0.1, 0.15) is 10.4 Å². The van der Waals surface area contributed by atoms with Crippen LogP contribution in [0.5, 0.6) is 11.5 Å². The van der Waals surface area contributed by atoms with Crippen molar-refractivity contribution in [2.45, 2.75) is 0 Å². The number of nitrogens with zero attached hydrogens (tertiary/aromatic N) is 4. The number of rotatable bonds is 6. The molecule has 0 atom stereocenters. The highest BCUT2D eigenvalue weighted by molar-refractivity contribution is 7.91. The van der Waals surface area contributed by atoms with Gasteiger partial charge in [0.25, 0.3) is 11.5 Å². The van der Waals surface area contributed by atoms with E-state index in [1.165, 1.54) is 59.3 Å². The second kappa shape index (κ2) is 11.1. The third kappa shape index (κ3) is 5.52. The largest absolute Gasteiger partial charge is 0.616 e. The summed E-state index contributed by atoms with van der Waals surface area (Å²) >= 11 is -0.831. The molecule has 1 fully saturated rings.